The van der Waals surface area contributed by atoms with Crippen molar-refractivity contribution < 1.29 is 12.8 Å². The molecular formula is C14H21FN2O2S. The second kappa shape index (κ2) is 5.79. The molecule has 1 aromatic rings. The highest BCUT2D eigenvalue weighted by Crippen LogP contribution is 2.31. The molecule has 112 valence electrons. The van der Waals surface area contributed by atoms with Crippen LogP contribution in [0.3, 0.4) is 0 Å². The van der Waals surface area contributed by atoms with Gasteiger partial charge in [0.15, 0.2) is 0 Å². The number of sulfonamides is 1. The summed E-state index contributed by atoms with van der Waals surface area (Å²) < 4.78 is 41.2. The highest BCUT2D eigenvalue weighted by molar-refractivity contribution is 7.89. The van der Waals surface area contributed by atoms with Crippen LogP contribution in [-0.4, -0.2) is 21.0 Å². The van der Waals surface area contributed by atoms with Gasteiger partial charge in [-0.05, 0) is 43.5 Å². The summed E-state index contributed by atoms with van der Waals surface area (Å²) in [6.45, 7) is 6.63. The summed E-state index contributed by atoms with van der Waals surface area (Å²) in [6.07, 6.45) is 0.845. The lowest BCUT2D eigenvalue weighted by Crippen LogP contribution is -2.28. The van der Waals surface area contributed by atoms with E-state index < -0.39 is 15.8 Å². The predicted octanol–water partition coefficient (Wildman–Crippen LogP) is 1.93. The maximum atomic E-state index is 13.9. The highest BCUT2D eigenvalue weighted by Gasteiger charge is 2.37. The van der Waals surface area contributed by atoms with Crippen LogP contribution < -0.4 is 10.0 Å². The molecule has 0 amide bonds. The molecule has 1 saturated carbocycles. The Bertz CT molecular complexity index is 601. The monoisotopic (exact) mass is 300 g/mol. The summed E-state index contributed by atoms with van der Waals surface area (Å²) in [4.78, 5) is 0.0458. The van der Waals surface area contributed by atoms with Gasteiger partial charge in [-0.1, -0.05) is 13.8 Å². The molecule has 2 atom stereocenters. The first-order valence-corrected chi connectivity index (χ1v) is 8.35. The summed E-state index contributed by atoms with van der Waals surface area (Å²) in [5, 5.41) is 3.07. The maximum absolute atomic E-state index is 13.9. The Morgan fingerprint density at radius 1 is 1.40 bits per heavy atom. The van der Waals surface area contributed by atoms with E-state index in [1.807, 2.05) is 13.8 Å². The van der Waals surface area contributed by atoms with Crippen molar-refractivity contribution in [2.24, 2.45) is 5.92 Å². The van der Waals surface area contributed by atoms with Crippen LogP contribution in [0.5, 0.6) is 0 Å². The molecule has 1 aliphatic rings. The molecule has 1 aromatic carbocycles. The van der Waals surface area contributed by atoms with Crippen LogP contribution >= 0.6 is 0 Å². The van der Waals surface area contributed by atoms with Crippen molar-refractivity contribution in [1.29, 1.82) is 0 Å². The molecule has 4 nitrogen and oxygen atoms in total. The van der Waals surface area contributed by atoms with Crippen molar-refractivity contribution in [3.8, 4) is 0 Å². The fraction of sp³-hybridized carbons (Fsp3) is 0.571. The first-order valence-electron chi connectivity index (χ1n) is 6.87. The minimum Gasteiger partial charge on any atom is -0.313 e. The van der Waals surface area contributed by atoms with Crippen LogP contribution in [0.2, 0.25) is 0 Å². The number of rotatable bonds is 6. The lowest BCUT2D eigenvalue weighted by molar-refractivity contribution is 0.570. The minimum atomic E-state index is -3.65. The number of halogens is 1. The van der Waals surface area contributed by atoms with Gasteiger partial charge in [0.05, 0.1) is 4.90 Å². The summed E-state index contributed by atoms with van der Waals surface area (Å²) in [5.41, 5.74) is 0.810. The Hall–Kier alpha value is -0.980. The molecule has 20 heavy (non-hydrogen) atoms. The van der Waals surface area contributed by atoms with Crippen LogP contribution in [0, 0.1) is 18.7 Å². The van der Waals surface area contributed by atoms with Crippen LogP contribution in [0.1, 0.15) is 31.4 Å². The topological polar surface area (TPSA) is 58.2 Å². The van der Waals surface area contributed by atoms with E-state index in [0.29, 0.717) is 18.0 Å². The average Bonchev–Trinajstić information content (AvgIpc) is 3.04. The predicted molar refractivity (Wildman–Crippen MR) is 76.4 cm³/mol. The molecular weight excluding hydrogens is 279 g/mol. The summed E-state index contributed by atoms with van der Waals surface area (Å²) in [7, 11) is -3.65. The first kappa shape index (κ1) is 15.4. The smallest absolute Gasteiger partial charge is 0.241 e. The maximum Gasteiger partial charge on any atom is 0.241 e. The molecule has 2 rings (SSSR count). The van der Waals surface area contributed by atoms with E-state index in [1.165, 1.54) is 13.0 Å². The molecule has 2 N–H and O–H groups in total. The highest BCUT2D eigenvalue weighted by atomic mass is 32.2. The van der Waals surface area contributed by atoms with Gasteiger partial charge in [-0.3, -0.25) is 0 Å². The van der Waals surface area contributed by atoms with Crippen molar-refractivity contribution in [1.82, 2.24) is 10.0 Å². The molecule has 0 radical (unpaired) electrons. The van der Waals surface area contributed by atoms with Crippen molar-refractivity contribution in [2.75, 3.05) is 6.54 Å². The fourth-order valence-electron chi connectivity index (χ4n) is 2.11. The van der Waals surface area contributed by atoms with Gasteiger partial charge >= 0.3 is 0 Å². The number of hydrogen-bond donors (Lipinski definition) is 2. The van der Waals surface area contributed by atoms with Crippen LogP contribution in [0.25, 0.3) is 0 Å². The van der Waals surface area contributed by atoms with Gasteiger partial charge in [0.25, 0.3) is 0 Å². The fourth-order valence-corrected chi connectivity index (χ4v) is 3.77. The number of hydrogen-bond acceptors (Lipinski definition) is 3. The van der Waals surface area contributed by atoms with E-state index in [-0.39, 0.29) is 16.5 Å². The zero-order chi connectivity index (χ0) is 14.9. The van der Waals surface area contributed by atoms with Crippen molar-refractivity contribution in [3.05, 3.63) is 29.1 Å². The largest absolute Gasteiger partial charge is 0.313 e. The van der Waals surface area contributed by atoms with Gasteiger partial charge in [-0.25, -0.2) is 17.5 Å². The zero-order valence-electron chi connectivity index (χ0n) is 12.0. The van der Waals surface area contributed by atoms with E-state index in [4.69, 9.17) is 0 Å². The molecule has 0 heterocycles. The van der Waals surface area contributed by atoms with Gasteiger partial charge < -0.3 is 5.32 Å². The third-order valence-electron chi connectivity index (χ3n) is 3.64. The number of nitrogens with one attached hydrogen (secondary N) is 2. The third kappa shape index (κ3) is 3.37. The van der Waals surface area contributed by atoms with E-state index in [9.17, 15) is 12.8 Å². The van der Waals surface area contributed by atoms with Crippen molar-refractivity contribution >= 4 is 10.0 Å². The molecule has 2 unspecified atom stereocenters. The van der Waals surface area contributed by atoms with Gasteiger partial charge in [0, 0.05) is 18.2 Å². The van der Waals surface area contributed by atoms with E-state index >= 15 is 0 Å². The van der Waals surface area contributed by atoms with Crippen LogP contribution in [0.4, 0.5) is 4.39 Å². The Morgan fingerprint density at radius 3 is 2.60 bits per heavy atom. The van der Waals surface area contributed by atoms with E-state index in [0.717, 1.165) is 13.0 Å². The molecule has 0 aliphatic heterocycles. The van der Waals surface area contributed by atoms with Gasteiger partial charge in [0.2, 0.25) is 10.0 Å². The minimum absolute atomic E-state index is 0.0140. The molecule has 0 spiro atoms. The Balaban J connectivity index is 2.31. The SMILES string of the molecule is CCNCc1cc(F)c(C)c(S(=O)(=O)NC2CC2C)c1. The molecule has 0 aromatic heterocycles. The quantitative estimate of drug-likeness (QED) is 0.844. The molecule has 0 bridgehead atoms. The zero-order valence-corrected chi connectivity index (χ0v) is 12.8. The Labute approximate surface area is 119 Å². The van der Waals surface area contributed by atoms with Crippen molar-refractivity contribution in [2.45, 2.75) is 44.7 Å². The van der Waals surface area contributed by atoms with Gasteiger partial charge in [0.1, 0.15) is 5.82 Å². The van der Waals surface area contributed by atoms with Crippen LogP contribution in [-0.2, 0) is 16.6 Å². The van der Waals surface area contributed by atoms with Crippen LogP contribution in [0.15, 0.2) is 17.0 Å². The average molecular weight is 300 g/mol. The molecule has 1 aliphatic carbocycles. The molecule has 6 heteroatoms. The lowest BCUT2D eigenvalue weighted by atomic mass is 10.1. The third-order valence-corrected chi connectivity index (χ3v) is 5.26. The van der Waals surface area contributed by atoms with Crippen molar-refractivity contribution in [3.63, 3.8) is 0 Å². The second-order valence-corrected chi connectivity index (χ2v) is 7.10. The number of benzene rings is 1. The molecule has 0 saturated heterocycles. The Morgan fingerprint density at radius 2 is 2.05 bits per heavy atom. The summed E-state index contributed by atoms with van der Waals surface area (Å²) in [5.74, 6) is -0.121. The lowest BCUT2D eigenvalue weighted by Gasteiger charge is -2.12. The normalized spacial score (nSPS) is 22.0. The first-order chi connectivity index (χ1) is 9.35. The second-order valence-electron chi connectivity index (χ2n) is 5.42. The van der Waals surface area contributed by atoms with E-state index in [2.05, 4.69) is 10.0 Å². The van der Waals surface area contributed by atoms with E-state index in [1.54, 1.807) is 6.07 Å². The van der Waals surface area contributed by atoms with Gasteiger partial charge in [-0.2, -0.15) is 0 Å². The summed E-state index contributed by atoms with van der Waals surface area (Å²) >= 11 is 0. The standard InChI is InChI=1S/C14H21FN2O2S/c1-4-16-8-11-6-12(15)10(3)14(7-11)20(18,19)17-13-5-9(13)2/h6-7,9,13,16-17H,4-5,8H2,1-3H3. The summed E-state index contributed by atoms with van der Waals surface area (Å²) in [6, 6.07) is 2.92. The van der Waals surface area contributed by atoms with Gasteiger partial charge in [-0.15, -0.1) is 0 Å². The molecule has 1 fully saturated rings. The Kier molecular flexibility index (Phi) is 4.46.